The van der Waals surface area contributed by atoms with E-state index in [0.29, 0.717) is 11.3 Å². The van der Waals surface area contributed by atoms with E-state index in [1.165, 1.54) is 6.20 Å². The number of hydrogen-bond acceptors (Lipinski definition) is 10. The average molecular weight is 571 g/mol. The van der Waals surface area contributed by atoms with Gasteiger partial charge in [-0.25, -0.2) is 5.43 Å². The molecule has 2 heterocycles. The van der Waals surface area contributed by atoms with Gasteiger partial charge in [0.15, 0.2) is 0 Å². The molecule has 0 aliphatic heterocycles. The Morgan fingerprint density at radius 2 is 1.37 bits per heavy atom. The van der Waals surface area contributed by atoms with Crippen molar-refractivity contribution in [3.63, 3.8) is 0 Å². The zero-order valence-electron chi connectivity index (χ0n) is 13.7. The standard InChI is InChI=1S/C13H12N4O.2NO3.Pb/c1-10(11-4-2-6-14-8-11)16-17-13(18)12-5-3-7-15-9-12;2*2-1(3)4;/h2-9H,1H3,(H,17,18);;;/q;2*-1;+2/b16-10+;;;. The molecule has 13 nitrogen and oxygen atoms in total. The third-order valence-corrected chi connectivity index (χ3v) is 2.33. The van der Waals surface area contributed by atoms with Gasteiger partial charge in [-0.3, -0.25) is 14.8 Å². The maximum absolute atomic E-state index is 11.7. The van der Waals surface area contributed by atoms with E-state index in [1.54, 1.807) is 37.6 Å². The smallest absolute Gasteiger partial charge is 0.356 e. The minimum absolute atomic E-state index is 0. The molecule has 0 fully saturated rings. The van der Waals surface area contributed by atoms with Gasteiger partial charge < -0.3 is 30.6 Å². The molecule has 0 aromatic carbocycles. The molecule has 2 aromatic rings. The van der Waals surface area contributed by atoms with Crippen molar-refractivity contribution >= 4 is 38.9 Å². The van der Waals surface area contributed by atoms with Crippen molar-refractivity contribution in [3.8, 4) is 0 Å². The molecular formula is C13H12N6O7Pb. The Hall–Kier alpha value is -3.24. The summed E-state index contributed by atoms with van der Waals surface area (Å²) in [6.45, 7) is 1.81. The molecule has 0 atom stereocenters. The minimum Gasteiger partial charge on any atom is -0.356 e. The fourth-order valence-corrected chi connectivity index (χ4v) is 1.34. The minimum atomic E-state index is -1.75. The maximum Gasteiger partial charge on any atom is 2.00 e. The number of nitrogens with one attached hydrogen (secondary N) is 1. The third-order valence-electron chi connectivity index (χ3n) is 2.33. The summed E-state index contributed by atoms with van der Waals surface area (Å²) in [6.07, 6.45) is 6.48. The van der Waals surface area contributed by atoms with E-state index in [0.717, 1.165) is 5.56 Å². The Morgan fingerprint density at radius 1 is 0.963 bits per heavy atom. The van der Waals surface area contributed by atoms with Crippen molar-refractivity contribution in [2.75, 3.05) is 0 Å². The van der Waals surface area contributed by atoms with Crippen LogP contribution < -0.4 is 5.43 Å². The molecule has 0 saturated carbocycles. The summed E-state index contributed by atoms with van der Waals surface area (Å²) in [6, 6.07) is 7.07. The van der Waals surface area contributed by atoms with Crippen molar-refractivity contribution in [2.45, 2.75) is 6.92 Å². The molecule has 14 heteroatoms. The van der Waals surface area contributed by atoms with Gasteiger partial charge in [-0.1, -0.05) is 6.07 Å². The Bertz CT molecular complexity index is 725. The zero-order valence-corrected chi connectivity index (χ0v) is 17.6. The first-order chi connectivity index (χ1) is 12.2. The van der Waals surface area contributed by atoms with Crippen molar-refractivity contribution < 1.29 is 15.0 Å². The number of rotatable bonds is 3. The first kappa shape index (κ1) is 26.0. The normalized spacial score (nSPS) is 9.15. The van der Waals surface area contributed by atoms with Gasteiger partial charge in [0.25, 0.3) is 5.91 Å². The number of amides is 1. The molecule has 140 valence electrons. The van der Waals surface area contributed by atoms with Gasteiger partial charge in [-0.15, -0.1) is 0 Å². The van der Waals surface area contributed by atoms with Crippen LogP contribution in [0.3, 0.4) is 0 Å². The predicted molar refractivity (Wildman–Crippen MR) is 94.6 cm³/mol. The van der Waals surface area contributed by atoms with Crippen LogP contribution in [0.1, 0.15) is 22.8 Å². The second kappa shape index (κ2) is 15.1. The van der Waals surface area contributed by atoms with E-state index >= 15 is 0 Å². The number of carbonyl (C=O) groups is 1. The molecule has 0 saturated heterocycles. The van der Waals surface area contributed by atoms with Crippen LogP contribution in [-0.2, 0) is 0 Å². The number of carbonyl (C=O) groups excluding carboxylic acids is 1. The molecule has 2 radical (unpaired) electrons. The van der Waals surface area contributed by atoms with Crippen molar-refractivity contribution in [1.29, 1.82) is 0 Å². The SMILES string of the molecule is C/C(=N\NC(=O)c1cccnc1)c1cccnc1.O=[N+]([O-])[O-].O=[N+]([O-])[O-].[Pb+2]. The molecule has 0 aliphatic carbocycles. The van der Waals surface area contributed by atoms with Crippen molar-refractivity contribution in [2.24, 2.45) is 5.10 Å². The van der Waals surface area contributed by atoms with Gasteiger partial charge >= 0.3 is 27.3 Å². The third kappa shape index (κ3) is 14.8. The second-order valence-electron chi connectivity index (χ2n) is 4.07. The molecule has 1 N–H and O–H groups in total. The Morgan fingerprint density at radius 3 is 1.74 bits per heavy atom. The van der Waals surface area contributed by atoms with Crippen LogP contribution in [-0.4, -0.2) is 59.1 Å². The van der Waals surface area contributed by atoms with E-state index in [1.807, 2.05) is 12.1 Å². The van der Waals surface area contributed by atoms with Gasteiger partial charge in [-0.05, 0) is 25.1 Å². The van der Waals surface area contributed by atoms with Crippen LogP contribution >= 0.6 is 0 Å². The van der Waals surface area contributed by atoms with Gasteiger partial charge in [0.1, 0.15) is 0 Å². The van der Waals surface area contributed by atoms with Crippen LogP contribution in [0.15, 0.2) is 54.2 Å². The summed E-state index contributed by atoms with van der Waals surface area (Å²) in [7, 11) is 0. The Labute approximate surface area is 172 Å². The maximum atomic E-state index is 11.7. The van der Waals surface area contributed by atoms with Crippen LogP contribution in [0.2, 0.25) is 0 Å². The summed E-state index contributed by atoms with van der Waals surface area (Å²) in [5.41, 5.74) is 4.51. The van der Waals surface area contributed by atoms with E-state index in [9.17, 15) is 4.79 Å². The number of hydrogen-bond donors (Lipinski definition) is 1. The molecule has 2 aromatic heterocycles. The van der Waals surface area contributed by atoms with E-state index in [-0.39, 0.29) is 33.2 Å². The quantitative estimate of drug-likeness (QED) is 0.239. The first-order valence-electron chi connectivity index (χ1n) is 6.52. The predicted octanol–water partition coefficient (Wildman–Crippen LogP) is 0.772. The van der Waals surface area contributed by atoms with Gasteiger partial charge in [0, 0.05) is 30.4 Å². The number of hydrazone groups is 1. The Balaban J connectivity index is 0. The zero-order chi connectivity index (χ0) is 19.9. The summed E-state index contributed by atoms with van der Waals surface area (Å²) in [4.78, 5) is 36.1. The topological polar surface area (TPSA) is 200 Å². The van der Waals surface area contributed by atoms with Gasteiger partial charge in [0.05, 0.1) is 21.4 Å². The van der Waals surface area contributed by atoms with E-state index in [2.05, 4.69) is 20.5 Å². The molecule has 2 rings (SSSR count). The van der Waals surface area contributed by atoms with Crippen LogP contribution in [0, 0.1) is 30.6 Å². The molecule has 0 aliphatic rings. The molecule has 0 spiro atoms. The second-order valence-corrected chi connectivity index (χ2v) is 4.07. The number of pyridine rings is 2. The summed E-state index contributed by atoms with van der Waals surface area (Å²) < 4.78 is 0. The first-order valence-corrected chi connectivity index (χ1v) is 6.52. The van der Waals surface area contributed by atoms with E-state index < -0.39 is 10.2 Å². The van der Waals surface area contributed by atoms with Gasteiger partial charge in [0.2, 0.25) is 0 Å². The molecule has 0 unspecified atom stereocenters. The molecule has 27 heavy (non-hydrogen) atoms. The van der Waals surface area contributed by atoms with Crippen molar-refractivity contribution in [3.05, 3.63) is 90.8 Å². The summed E-state index contributed by atoms with van der Waals surface area (Å²) >= 11 is 0. The monoisotopic (exact) mass is 572 g/mol. The molecular weight excluding hydrogens is 559 g/mol. The fraction of sp³-hybridized carbons (Fsp3) is 0.0769. The van der Waals surface area contributed by atoms with Gasteiger partial charge in [-0.2, -0.15) is 5.10 Å². The average Bonchev–Trinajstić information content (AvgIpc) is 2.60. The summed E-state index contributed by atoms with van der Waals surface area (Å²) in [5, 5.41) is 33.5. The fourth-order valence-electron chi connectivity index (χ4n) is 1.34. The molecule has 1 amide bonds. The van der Waals surface area contributed by atoms with Crippen molar-refractivity contribution in [1.82, 2.24) is 15.4 Å². The largest absolute Gasteiger partial charge is 2.00 e. The van der Waals surface area contributed by atoms with Crippen LogP contribution in [0.25, 0.3) is 0 Å². The molecule has 0 bridgehead atoms. The van der Waals surface area contributed by atoms with Crippen LogP contribution in [0.5, 0.6) is 0 Å². The van der Waals surface area contributed by atoms with Crippen LogP contribution in [0.4, 0.5) is 0 Å². The summed E-state index contributed by atoms with van der Waals surface area (Å²) in [5.74, 6) is -0.286. The van der Waals surface area contributed by atoms with E-state index in [4.69, 9.17) is 30.6 Å². The Kier molecular flexibility index (Phi) is 14.5. The number of nitrogens with zero attached hydrogens (tertiary/aromatic N) is 5. The number of aromatic nitrogens is 2.